The Morgan fingerprint density at radius 3 is 2.72 bits per heavy atom. The zero-order chi connectivity index (χ0) is 13.3. The maximum atomic E-state index is 11.0. The van der Waals surface area contributed by atoms with Gasteiger partial charge in [0.1, 0.15) is 5.82 Å². The lowest BCUT2D eigenvalue weighted by molar-refractivity contribution is 0.0697. The normalized spacial score (nSPS) is 11.3. The first kappa shape index (κ1) is 12.6. The van der Waals surface area contributed by atoms with Crippen molar-refractivity contribution in [2.75, 3.05) is 14.1 Å². The van der Waals surface area contributed by atoms with Crippen LogP contribution in [0.1, 0.15) is 23.1 Å². The average Bonchev–Trinajstić information content (AvgIpc) is 2.63. The molecular weight excluding hydrogens is 230 g/mol. The fourth-order valence-corrected chi connectivity index (χ4v) is 2.06. The van der Waals surface area contributed by atoms with Gasteiger partial charge < -0.3 is 14.6 Å². The fraction of sp³-hybridized carbons (Fsp3) is 0.385. The van der Waals surface area contributed by atoms with Crippen molar-refractivity contribution in [1.82, 2.24) is 14.5 Å². The number of carboxylic acids is 1. The van der Waals surface area contributed by atoms with Crippen LogP contribution in [0.2, 0.25) is 0 Å². The SMILES string of the molecule is CCn1c(CN(C)C)nc2ccc(C(=O)O)cc21. The molecule has 0 amide bonds. The van der Waals surface area contributed by atoms with Crippen molar-refractivity contribution in [3.63, 3.8) is 0 Å². The Balaban J connectivity index is 2.58. The van der Waals surface area contributed by atoms with E-state index in [1.54, 1.807) is 18.2 Å². The molecule has 0 atom stereocenters. The molecule has 0 saturated heterocycles. The number of hydrogen-bond acceptors (Lipinski definition) is 3. The second-order valence-corrected chi connectivity index (χ2v) is 4.52. The zero-order valence-corrected chi connectivity index (χ0v) is 10.8. The van der Waals surface area contributed by atoms with Gasteiger partial charge in [-0.1, -0.05) is 0 Å². The van der Waals surface area contributed by atoms with Gasteiger partial charge in [0.2, 0.25) is 0 Å². The standard InChI is InChI=1S/C13H17N3O2/c1-4-16-11-7-9(13(17)18)5-6-10(11)14-12(16)8-15(2)3/h5-7H,4,8H2,1-3H3,(H,17,18). The number of rotatable bonds is 4. The lowest BCUT2D eigenvalue weighted by Gasteiger charge is -2.10. The maximum Gasteiger partial charge on any atom is 0.335 e. The van der Waals surface area contributed by atoms with Crippen LogP contribution in [0.3, 0.4) is 0 Å². The summed E-state index contributed by atoms with van der Waals surface area (Å²) in [6, 6.07) is 5.05. The van der Waals surface area contributed by atoms with Gasteiger partial charge in [0.25, 0.3) is 0 Å². The van der Waals surface area contributed by atoms with Gasteiger partial charge in [0.05, 0.1) is 23.1 Å². The van der Waals surface area contributed by atoms with E-state index in [0.29, 0.717) is 5.56 Å². The molecule has 0 unspecified atom stereocenters. The van der Waals surface area contributed by atoms with Gasteiger partial charge >= 0.3 is 5.97 Å². The molecular formula is C13H17N3O2. The predicted octanol–water partition coefficient (Wildman–Crippen LogP) is 1.82. The molecule has 0 bridgehead atoms. The maximum absolute atomic E-state index is 11.0. The van der Waals surface area contributed by atoms with Crippen molar-refractivity contribution >= 4 is 17.0 Å². The lowest BCUT2D eigenvalue weighted by Crippen LogP contribution is -2.15. The highest BCUT2D eigenvalue weighted by atomic mass is 16.4. The highest BCUT2D eigenvalue weighted by molar-refractivity contribution is 5.92. The number of nitrogens with zero attached hydrogens (tertiary/aromatic N) is 3. The lowest BCUT2D eigenvalue weighted by atomic mass is 10.2. The van der Waals surface area contributed by atoms with Crippen LogP contribution in [0.4, 0.5) is 0 Å². The van der Waals surface area contributed by atoms with Gasteiger partial charge in [0, 0.05) is 6.54 Å². The fourth-order valence-electron chi connectivity index (χ4n) is 2.06. The highest BCUT2D eigenvalue weighted by Gasteiger charge is 2.12. The zero-order valence-electron chi connectivity index (χ0n) is 10.8. The van der Waals surface area contributed by atoms with E-state index in [2.05, 4.69) is 9.55 Å². The summed E-state index contributed by atoms with van der Waals surface area (Å²) in [5, 5.41) is 9.02. The molecule has 0 spiro atoms. The van der Waals surface area contributed by atoms with Crippen LogP contribution >= 0.6 is 0 Å². The van der Waals surface area contributed by atoms with Crippen LogP contribution in [-0.4, -0.2) is 39.6 Å². The minimum Gasteiger partial charge on any atom is -0.478 e. The summed E-state index contributed by atoms with van der Waals surface area (Å²) in [6.45, 7) is 3.56. The van der Waals surface area contributed by atoms with Crippen molar-refractivity contribution in [3.05, 3.63) is 29.6 Å². The molecule has 96 valence electrons. The molecule has 1 N–H and O–H groups in total. The topological polar surface area (TPSA) is 58.4 Å². The van der Waals surface area contributed by atoms with E-state index in [1.165, 1.54) is 0 Å². The molecule has 2 aromatic rings. The first-order chi connectivity index (χ1) is 8.52. The molecule has 18 heavy (non-hydrogen) atoms. The monoisotopic (exact) mass is 247 g/mol. The molecule has 1 aromatic carbocycles. The Kier molecular flexibility index (Phi) is 3.34. The van der Waals surface area contributed by atoms with Gasteiger partial charge in [-0.15, -0.1) is 0 Å². The average molecular weight is 247 g/mol. The number of aromatic carboxylic acids is 1. The highest BCUT2D eigenvalue weighted by Crippen LogP contribution is 2.19. The van der Waals surface area contributed by atoms with Crippen molar-refractivity contribution < 1.29 is 9.90 Å². The minimum atomic E-state index is -0.907. The van der Waals surface area contributed by atoms with E-state index in [4.69, 9.17) is 5.11 Å². The number of aromatic nitrogens is 2. The molecule has 0 aliphatic rings. The Bertz CT molecular complexity index is 587. The van der Waals surface area contributed by atoms with E-state index in [1.807, 2.05) is 25.9 Å². The smallest absolute Gasteiger partial charge is 0.335 e. The molecule has 0 aliphatic carbocycles. The molecule has 2 rings (SSSR count). The summed E-state index contributed by atoms with van der Waals surface area (Å²) < 4.78 is 2.06. The van der Waals surface area contributed by atoms with E-state index < -0.39 is 5.97 Å². The minimum absolute atomic E-state index is 0.300. The summed E-state index contributed by atoms with van der Waals surface area (Å²) in [5.41, 5.74) is 2.03. The van der Waals surface area contributed by atoms with Crippen LogP contribution < -0.4 is 0 Å². The van der Waals surface area contributed by atoms with Gasteiger partial charge in [-0.2, -0.15) is 0 Å². The van der Waals surface area contributed by atoms with Crippen molar-refractivity contribution in [1.29, 1.82) is 0 Å². The number of carboxylic acid groups (broad SMARTS) is 1. The first-order valence-corrected chi connectivity index (χ1v) is 5.90. The van der Waals surface area contributed by atoms with Crippen LogP contribution in [0.15, 0.2) is 18.2 Å². The van der Waals surface area contributed by atoms with E-state index in [0.717, 1.165) is 29.9 Å². The Morgan fingerprint density at radius 2 is 2.17 bits per heavy atom. The molecule has 0 aliphatic heterocycles. The Hall–Kier alpha value is -1.88. The molecule has 1 aromatic heterocycles. The van der Waals surface area contributed by atoms with Crippen LogP contribution in [0.5, 0.6) is 0 Å². The summed E-state index contributed by atoms with van der Waals surface area (Å²) in [7, 11) is 3.98. The summed E-state index contributed by atoms with van der Waals surface area (Å²) in [4.78, 5) is 17.6. The van der Waals surface area contributed by atoms with Gasteiger partial charge in [-0.3, -0.25) is 0 Å². The van der Waals surface area contributed by atoms with Gasteiger partial charge in [-0.25, -0.2) is 9.78 Å². The van der Waals surface area contributed by atoms with Crippen molar-refractivity contribution in [3.8, 4) is 0 Å². The van der Waals surface area contributed by atoms with E-state index in [9.17, 15) is 4.79 Å². The summed E-state index contributed by atoms with van der Waals surface area (Å²) in [5.74, 6) is 0.0509. The second kappa shape index (κ2) is 4.78. The quantitative estimate of drug-likeness (QED) is 0.895. The Labute approximate surface area is 106 Å². The third-order valence-electron chi connectivity index (χ3n) is 2.85. The number of carbonyl (C=O) groups is 1. The third-order valence-corrected chi connectivity index (χ3v) is 2.85. The predicted molar refractivity (Wildman–Crippen MR) is 69.8 cm³/mol. The second-order valence-electron chi connectivity index (χ2n) is 4.52. The number of hydrogen-bond donors (Lipinski definition) is 1. The molecule has 0 radical (unpaired) electrons. The van der Waals surface area contributed by atoms with E-state index in [-0.39, 0.29) is 0 Å². The van der Waals surface area contributed by atoms with Gasteiger partial charge in [-0.05, 0) is 39.2 Å². The molecule has 5 nitrogen and oxygen atoms in total. The van der Waals surface area contributed by atoms with Crippen molar-refractivity contribution in [2.24, 2.45) is 0 Å². The largest absolute Gasteiger partial charge is 0.478 e. The molecule has 1 heterocycles. The number of benzene rings is 1. The molecule has 5 heteroatoms. The first-order valence-electron chi connectivity index (χ1n) is 5.90. The van der Waals surface area contributed by atoms with Crippen LogP contribution in [0, 0.1) is 0 Å². The van der Waals surface area contributed by atoms with Crippen LogP contribution in [-0.2, 0) is 13.1 Å². The Morgan fingerprint density at radius 1 is 1.44 bits per heavy atom. The number of fused-ring (bicyclic) bond motifs is 1. The van der Waals surface area contributed by atoms with Crippen LogP contribution in [0.25, 0.3) is 11.0 Å². The third kappa shape index (κ3) is 2.22. The van der Waals surface area contributed by atoms with Gasteiger partial charge in [0.15, 0.2) is 0 Å². The summed E-state index contributed by atoms with van der Waals surface area (Å²) in [6.07, 6.45) is 0. The van der Waals surface area contributed by atoms with E-state index >= 15 is 0 Å². The summed E-state index contributed by atoms with van der Waals surface area (Å²) >= 11 is 0. The van der Waals surface area contributed by atoms with Crippen molar-refractivity contribution in [2.45, 2.75) is 20.0 Å². The number of imidazole rings is 1. The number of aryl methyl sites for hydroxylation is 1. The molecule has 0 saturated carbocycles. The molecule has 0 fully saturated rings.